The van der Waals surface area contributed by atoms with Crippen molar-refractivity contribution in [3.8, 4) is 0 Å². The Morgan fingerprint density at radius 3 is 2.80 bits per heavy atom. The predicted molar refractivity (Wildman–Crippen MR) is 56.2 cm³/mol. The maximum Gasteiger partial charge on any atom is 0.213 e. The van der Waals surface area contributed by atoms with Crippen molar-refractivity contribution in [3.63, 3.8) is 0 Å². The van der Waals surface area contributed by atoms with Crippen LogP contribution in [0.1, 0.15) is 28.6 Å². The second-order valence-corrected chi connectivity index (χ2v) is 3.56. The molecule has 4 nitrogen and oxygen atoms in total. The van der Waals surface area contributed by atoms with Crippen molar-refractivity contribution in [2.45, 2.75) is 19.9 Å². The van der Waals surface area contributed by atoms with Gasteiger partial charge in [0.2, 0.25) is 6.39 Å². The minimum absolute atomic E-state index is 0.316. The standard InChI is InChI=1S/C11H13N3O/c1-7-4-3-5-9(8(7)2)10(12)11-13-6-15-14-11/h3-6,10H,12H2,1-2H3. The third-order valence-electron chi connectivity index (χ3n) is 2.64. The maximum absolute atomic E-state index is 6.05. The summed E-state index contributed by atoms with van der Waals surface area (Å²) < 4.78 is 4.69. The van der Waals surface area contributed by atoms with Crippen LogP contribution in [0.15, 0.2) is 29.1 Å². The van der Waals surface area contributed by atoms with E-state index in [0.717, 1.165) is 5.56 Å². The third kappa shape index (κ3) is 1.76. The molecule has 2 N–H and O–H groups in total. The summed E-state index contributed by atoms with van der Waals surface area (Å²) in [5.74, 6) is 0.517. The number of hydrogen-bond acceptors (Lipinski definition) is 4. The first-order chi connectivity index (χ1) is 7.20. The number of nitrogens with zero attached hydrogens (tertiary/aromatic N) is 2. The van der Waals surface area contributed by atoms with Crippen LogP contribution in [0.4, 0.5) is 0 Å². The van der Waals surface area contributed by atoms with Crippen LogP contribution in [-0.2, 0) is 0 Å². The van der Waals surface area contributed by atoms with Crippen LogP contribution in [0.2, 0.25) is 0 Å². The first-order valence-corrected chi connectivity index (χ1v) is 4.78. The summed E-state index contributed by atoms with van der Waals surface area (Å²) in [5, 5.41) is 3.75. The van der Waals surface area contributed by atoms with Crippen molar-refractivity contribution >= 4 is 0 Å². The van der Waals surface area contributed by atoms with Crippen LogP contribution in [0, 0.1) is 13.8 Å². The molecule has 0 spiro atoms. The number of nitrogens with two attached hydrogens (primary N) is 1. The van der Waals surface area contributed by atoms with Gasteiger partial charge in [0.15, 0.2) is 5.82 Å². The minimum Gasteiger partial charge on any atom is -0.343 e. The molecule has 0 aliphatic rings. The van der Waals surface area contributed by atoms with Crippen molar-refractivity contribution in [3.05, 3.63) is 47.1 Å². The predicted octanol–water partition coefficient (Wildman–Crippen LogP) is 1.73. The van der Waals surface area contributed by atoms with Gasteiger partial charge in [-0.3, -0.25) is 0 Å². The molecule has 0 aliphatic carbocycles. The molecule has 0 saturated heterocycles. The van der Waals surface area contributed by atoms with Crippen LogP contribution in [0.5, 0.6) is 0 Å². The van der Waals surface area contributed by atoms with E-state index in [4.69, 9.17) is 5.73 Å². The van der Waals surface area contributed by atoms with Crippen molar-refractivity contribution in [2.24, 2.45) is 5.73 Å². The van der Waals surface area contributed by atoms with Crippen LogP contribution >= 0.6 is 0 Å². The molecule has 1 unspecified atom stereocenters. The van der Waals surface area contributed by atoms with Gasteiger partial charge < -0.3 is 10.3 Å². The Labute approximate surface area is 88.1 Å². The molecule has 0 amide bonds. The molecule has 78 valence electrons. The van der Waals surface area contributed by atoms with Crippen molar-refractivity contribution in [2.75, 3.05) is 0 Å². The lowest BCUT2D eigenvalue weighted by atomic mass is 9.98. The Balaban J connectivity index is 2.42. The lowest BCUT2D eigenvalue weighted by molar-refractivity contribution is 0.407. The van der Waals surface area contributed by atoms with E-state index in [1.165, 1.54) is 17.5 Å². The van der Waals surface area contributed by atoms with E-state index in [9.17, 15) is 0 Å². The minimum atomic E-state index is -0.316. The van der Waals surface area contributed by atoms with Crippen molar-refractivity contribution in [1.29, 1.82) is 0 Å². The maximum atomic E-state index is 6.05. The summed E-state index contributed by atoms with van der Waals surface area (Å²) in [5.41, 5.74) is 9.47. The molecule has 1 aromatic heterocycles. The van der Waals surface area contributed by atoms with Crippen molar-refractivity contribution in [1.82, 2.24) is 10.1 Å². The summed E-state index contributed by atoms with van der Waals surface area (Å²) >= 11 is 0. The Morgan fingerprint density at radius 2 is 2.13 bits per heavy atom. The highest BCUT2D eigenvalue weighted by atomic mass is 16.5. The van der Waals surface area contributed by atoms with E-state index in [-0.39, 0.29) is 6.04 Å². The fourth-order valence-electron chi connectivity index (χ4n) is 1.57. The van der Waals surface area contributed by atoms with Gasteiger partial charge in [0.05, 0.1) is 6.04 Å². The largest absolute Gasteiger partial charge is 0.343 e. The van der Waals surface area contributed by atoms with Gasteiger partial charge in [-0.25, -0.2) is 0 Å². The fraction of sp³-hybridized carbons (Fsp3) is 0.273. The molecular formula is C11H13N3O. The zero-order valence-electron chi connectivity index (χ0n) is 8.77. The summed E-state index contributed by atoms with van der Waals surface area (Å²) in [6.07, 6.45) is 1.29. The van der Waals surface area contributed by atoms with Crippen LogP contribution in [-0.4, -0.2) is 10.1 Å². The first-order valence-electron chi connectivity index (χ1n) is 4.78. The summed E-state index contributed by atoms with van der Waals surface area (Å²) in [7, 11) is 0. The third-order valence-corrected chi connectivity index (χ3v) is 2.64. The second kappa shape index (κ2) is 3.82. The number of hydrogen-bond donors (Lipinski definition) is 1. The highest BCUT2D eigenvalue weighted by Gasteiger charge is 2.15. The molecule has 4 heteroatoms. The molecule has 0 fully saturated rings. The molecule has 0 radical (unpaired) electrons. The quantitative estimate of drug-likeness (QED) is 0.807. The monoisotopic (exact) mass is 203 g/mol. The Hall–Kier alpha value is -1.68. The van der Waals surface area contributed by atoms with Gasteiger partial charge in [0.25, 0.3) is 0 Å². The van der Waals surface area contributed by atoms with E-state index >= 15 is 0 Å². The second-order valence-electron chi connectivity index (χ2n) is 3.56. The fourth-order valence-corrected chi connectivity index (χ4v) is 1.57. The van der Waals surface area contributed by atoms with E-state index in [2.05, 4.69) is 27.7 Å². The average molecular weight is 203 g/mol. The molecule has 1 heterocycles. The molecular weight excluding hydrogens is 190 g/mol. The van der Waals surface area contributed by atoms with Gasteiger partial charge in [-0.15, -0.1) is 0 Å². The molecule has 1 aromatic carbocycles. The van der Waals surface area contributed by atoms with Gasteiger partial charge in [0.1, 0.15) is 0 Å². The highest BCUT2D eigenvalue weighted by molar-refractivity contribution is 5.37. The van der Waals surface area contributed by atoms with E-state index in [1.54, 1.807) is 0 Å². The molecule has 0 saturated carbocycles. The summed E-state index contributed by atoms with van der Waals surface area (Å²) in [6, 6.07) is 5.71. The number of benzene rings is 1. The van der Waals surface area contributed by atoms with Gasteiger partial charge in [-0.05, 0) is 30.5 Å². The topological polar surface area (TPSA) is 64.9 Å². The van der Waals surface area contributed by atoms with Gasteiger partial charge >= 0.3 is 0 Å². The van der Waals surface area contributed by atoms with Crippen LogP contribution in [0.3, 0.4) is 0 Å². The van der Waals surface area contributed by atoms with E-state index in [1.807, 2.05) is 19.1 Å². The first kappa shape index (κ1) is 9.86. The smallest absolute Gasteiger partial charge is 0.213 e. The normalized spacial score (nSPS) is 12.7. The van der Waals surface area contributed by atoms with Gasteiger partial charge in [-0.2, -0.15) is 4.98 Å². The number of aryl methyl sites for hydroxylation is 1. The zero-order chi connectivity index (χ0) is 10.8. The molecule has 2 rings (SSSR count). The zero-order valence-corrected chi connectivity index (χ0v) is 8.77. The highest BCUT2D eigenvalue weighted by Crippen LogP contribution is 2.21. The summed E-state index contributed by atoms with van der Waals surface area (Å²) in [6.45, 7) is 4.10. The van der Waals surface area contributed by atoms with Crippen LogP contribution < -0.4 is 5.73 Å². The van der Waals surface area contributed by atoms with Gasteiger partial charge in [0, 0.05) is 0 Å². The number of aromatic nitrogens is 2. The lowest BCUT2D eigenvalue weighted by Crippen LogP contribution is -2.15. The number of rotatable bonds is 2. The lowest BCUT2D eigenvalue weighted by Gasteiger charge is -2.12. The van der Waals surface area contributed by atoms with E-state index in [0.29, 0.717) is 5.82 Å². The van der Waals surface area contributed by atoms with E-state index < -0.39 is 0 Å². The average Bonchev–Trinajstić information content (AvgIpc) is 2.74. The molecule has 0 aliphatic heterocycles. The Morgan fingerprint density at radius 1 is 1.33 bits per heavy atom. The summed E-state index contributed by atoms with van der Waals surface area (Å²) in [4.78, 5) is 3.96. The Kier molecular flexibility index (Phi) is 2.51. The molecule has 0 bridgehead atoms. The van der Waals surface area contributed by atoms with Crippen LogP contribution in [0.25, 0.3) is 0 Å². The van der Waals surface area contributed by atoms with Gasteiger partial charge in [-0.1, -0.05) is 23.4 Å². The van der Waals surface area contributed by atoms with Crippen molar-refractivity contribution < 1.29 is 4.52 Å². The Bertz CT molecular complexity index is 451. The molecule has 15 heavy (non-hydrogen) atoms. The molecule has 2 aromatic rings. The molecule has 1 atom stereocenters. The SMILES string of the molecule is Cc1cccc(C(N)c2ncon2)c1C.